The zero-order valence-electron chi connectivity index (χ0n) is 21.8. The lowest BCUT2D eigenvalue weighted by molar-refractivity contribution is -0.189. The third kappa shape index (κ3) is 5.03. The number of nitrogens with one attached hydrogen (secondary N) is 2. The van der Waals surface area contributed by atoms with Gasteiger partial charge >= 0.3 is 0 Å². The Kier molecular flexibility index (Phi) is 7.26. The van der Waals surface area contributed by atoms with Gasteiger partial charge in [-0.2, -0.15) is 0 Å². The first kappa shape index (κ1) is 29.5. The Morgan fingerprint density at radius 3 is 2.34 bits per heavy atom. The summed E-state index contributed by atoms with van der Waals surface area (Å²) in [7, 11) is -4.10. The van der Waals surface area contributed by atoms with E-state index in [0.29, 0.717) is 18.6 Å². The molecule has 41 heavy (non-hydrogen) atoms. The Morgan fingerprint density at radius 2 is 1.76 bits per heavy atom. The normalized spacial score (nSPS) is 25.0. The summed E-state index contributed by atoms with van der Waals surface area (Å²) in [4.78, 5) is 19.5. The molecule has 1 aromatic heterocycles. The number of hydrogen-bond donors (Lipinski definition) is 5. The highest BCUT2D eigenvalue weighted by Crippen LogP contribution is 2.60. The number of aliphatic hydroxyl groups excluding tert-OH is 1. The highest BCUT2D eigenvalue weighted by Gasteiger charge is 2.62. The zero-order chi connectivity index (χ0) is 30.1. The van der Waals surface area contributed by atoms with E-state index in [-0.39, 0.29) is 45.5 Å². The Morgan fingerprint density at radius 1 is 1.15 bits per heavy atom. The average Bonchev–Trinajstić information content (AvgIpc) is 3.40. The number of benzene rings is 2. The van der Waals surface area contributed by atoms with Crippen LogP contribution in [0.1, 0.15) is 61.1 Å². The van der Waals surface area contributed by atoms with Gasteiger partial charge in [0.1, 0.15) is 17.5 Å². The fourth-order valence-corrected chi connectivity index (χ4v) is 8.13. The number of aromatic amines is 1. The van der Waals surface area contributed by atoms with Crippen LogP contribution in [-0.2, 0) is 15.4 Å². The van der Waals surface area contributed by atoms with Gasteiger partial charge in [0.25, 0.3) is 5.91 Å². The largest absolute Gasteiger partial charge is 0.387 e. The van der Waals surface area contributed by atoms with Gasteiger partial charge in [0.2, 0.25) is 0 Å². The molecule has 3 aliphatic rings. The lowest BCUT2D eigenvalue weighted by Crippen LogP contribution is -2.60. The van der Waals surface area contributed by atoms with E-state index in [0.717, 1.165) is 6.07 Å². The third-order valence-corrected chi connectivity index (χ3v) is 10.7. The first-order chi connectivity index (χ1) is 19.0. The van der Waals surface area contributed by atoms with Crippen molar-refractivity contribution in [3.05, 3.63) is 76.1 Å². The number of sulfone groups is 1. The average molecular weight is 614 g/mol. The lowest BCUT2D eigenvalue weighted by Gasteiger charge is -2.57. The third-order valence-electron chi connectivity index (χ3n) is 8.03. The van der Waals surface area contributed by atoms with Crippen LogP contribution in [0.2, 0.25) is 5.02 Å². The standard InChI is InChI=1S/C27H27ClF3N3O6S/c1-26(2,37)23(35)20-11-32-25(34-20)27(38)13-6-14(27)8-16(7-13)41(39,40)21-5-12(3-4-17(21)28)24(36)33-15-9-18(29)22(31)19(30)10-15/h3-5,9-11,13-14,16,23,35,37-38H,6-8H2,1-2H3,(H,32,34)(H,33,36). The van der Waals surface area contributed by atoms with Crippen LogP contribution in [0.5, 0.6) is 0 Å². The smallest absolute Gasteiger partial charge is 0.255 e. The second-order valence-corrected chi connectivity index (χ2v) is 13.8. The van der Waals surface area contributed by atoms with E-state index in [2.05, 4.69) is 15.3 Å². The monoisotopic (exact) mass is 613 g/mol. The predicted octanol–water partition coefficient (Wildman–Crippen LogP) is 4.00. The molecule has 1 amide bonds. The first-order valence-electron chi connectivity index (χ1n) is 12.7. The highest BCUT2D eigenvalue weighted by molar-refractivity contribution is 7.92. The van der Waals surface area contributed by atoms with Gasteiger partial charge in [-0.15, -0.1) is 0 Å². The second kappa shape index (κ2) is 10.1. The van der Waals surface area contributed by atoms with Crippen molar-refractivity contribution < 1.29 is 41.7 Å². The molecule has 3 aliphatic carbocycles. The maximum Gasteiger partial charge on any atom is 0.255 e. The number of hydrogen-bond acceptors (Lipinski definition) is 7. The highest BCUT2D eigenvalue weighted by atomic mass is 35.5. The van der Waals surface area contributed by atoms with Crippen LogP contribution in [-0.4, -0.2) is 50.5 Å². The Bertz CT molecular complexity index is 1610. The molecule has 220 valence electrons. The summed E-state index contributed by atoms with van der Waals surface area (Å²) in [5, 5.41) is 33.1. The van der Waals surface area contributed by atoms with E-state index < -0.39 is 67.6 Å². The van der Waals surface area contributed by atoms with E-state index in [4.69, 9.17) is 11.6 Å². The van der Waals surface area contributed by atoms with Crippen LogP contribution < -0.4 is 5.32 Å². The van der Waals surface area contributed by atoms with Crippen molar-refractivity contribution in [3.63, 3.8) is 0 Å². The molecule has 6 rings (SSSR count). The summed E-state index contributed by atoms with van der Waals surface area (Å²) < 4.78 is 67.7. The van der Waals surface area contributed by atoms with Crippen LogP contribution in [0.25, 0.3) is 0 Å². The zero-order valence-corrected chi connectivity index (χ0v) is 23.4. The number of nitrogens with zero attached hydrogens (tertiary/aromatic N) is 1. The summed E-state index contributed by atoms with van der Waals surface area (Å²) in [6, 6.07) is 4.69. The summed E-state index contributed by atoms with van der Waals surface area (Å²) in [5.41, 5.74) is -3.23. The Hall–Kier alpha value is -2.97. The van der Waals surface area contributed by atoms with Gasteiger partial charge in [-0.1, -0.05) is 11.6 Å². The van der Waals surface area contributed by atoms with E-state index in [1.807, 2.05) is 0 Å². The van der Waals surface area contributed by atoms with E-state index >= 15 is 0 Å². The molecule has 0 saturated heterocycles. The number of aromatic nitrogens is 2. The van der Waals surface area contributed by atoms with Crippen LogP contribution >= 0.6 is 11.6 Å². The number of carbonyl (C=O) groups excluding carboxylic acids is 1. The van der Waals surface area contributed by atoms with E-state index in [9.17, 15) is 41.7 Å². The van der Waals surface area contributed by atoms with Crippen LogP contribution in [0.15, 0.2) is 41.4 Å². The molecule has 14 heteroatoms. The minimum absolute atomic E-state index is 0.0697. The van der Waals surface area contributed by atoms with Gasteiger partial charge in [-0.25, -0.2) is 26.6 Å². The van der Waals surface area contributed by atoms with E-state index in [1.54, 1.807) is 0 Å². The molecule has 2 bridgehead atoms. The molecule has 9 nitrogen and oxygen atoms in total. The van der Waals surface area contributed by atoms with Gasteiger partial charge in [0.05, 0.1) is 32.7 Å². The number of aliphatic hydroxyl groups is 3. The summed E-state index contributed by atoms with van der Waals surface area (Å²) in [6.07, 6.45) is 0.727. The van der Waals surface area contributed by atoms with Crippen LogP contribution in [0, 0.1) is 29.3 Å². The molecule has 3 fully saturated rings. The minimum Gasteiger partial charge on any atom is -0.387 e. The molecule has 0 spiro atoms. The molecule has 0 radical (unpaired) electrons. The Balaban J connectivity index is 1.35. The molecule has 3 saturated carbocycles. The molecule has 3 aromatic rings. The molecular weight excluding hydrogens is 587 g/mol. The fraction of sp³-hybridized carbons (Fsp3) is 0.407. The van der Waals surface area contributed by atoms with Gasteiger partial charge in [-0.05, 0) is 63.1 Å². The number of amides is 1. The number of H-pyrrole nitrogens is 1. The molecule has 3 unspecified atom stereocenters. The molecular formula is C27H27ClF3N3O6S. The maximum absolute atomic E-state index is 13.7. The molecule has 2 aromatic carbocycles. The summed E-state index contributed by atoms with van der Waals surface area (Å²) in [5.74, 6) is -6.38. The van der Waals surface area contributed by atoms with E-state index in [1.165, 1.54) is 32.2 Å². The first-order valence-corrected chi connectivity index (χ1v) is 14.6. The number of fused-ring (bicyclic) bond motifs is 2. The predicted molar refractivity (Wildman–Crippen MR) is 141 cm³/mol. The fourth-order valence-electron chi connectivity index (χ4n) is 5.73. The van der Waals surface area contributed by atoms with Crippen molar-refractivity contribution >= 4 is 33.0 Å². The van der Waals surface area contributed by atoms with Crippen molar-refractivity contribution in [3.8, 4) is 0 Å². The van der Waals surface area contributed by atoms with Crippen molar-refractivity contribution in [2.24, 2.45) is 11.8 Å². The minimum atomic E-state index is -4.10. The Labute approximate surface area is 238 Å². The van der Waals surface area contributed by atoms with Crippen molar-refractivity contribution in [2.45, 2.75) is 60.6 Å². The molecule has 5 N–H and O–H groups in total. The molecule has 3 atom stereocenters. The number of halogens is 4. The quantitative estimate of drug-likeness (QED) is 0.253. The van der Waals surface area contributed by atoms with Crippen LogP contribution in [0.3, 0.4) is 0 Å². The van der Waals surface area contributed by atoms with Gasteiger partial charge in [-0.3, -0.25) is 4.79 Å². The molecule has 1 heterocycles. The van der Waals surface area contributed by atoms with Crippen molar-refractivity contribution in [2.75, 3.05) is 5.32 Å². The summed E-state index contributed by atoms with van der Waals surface area (Å²) >= 11 is 6.23. The van der Waals surface area contributed by atoms with Crippen molar-refractivity contribution in [1.29, 1.82) is 0 Å². The SMILES string of the molecule is CC(C)(O)C(O)c1cnc(C2(O)C3CC2CC(S(=O)(=O)c2cc(C(=O)Nc4cc(F)c(F)c(F)c4)ccc2Cl)C3)[nH]1. The van der Waals surface area contributed by atoms with Crippen molar-refractivity contribution in [1.82, 2.24) is 9.97 Å². The molecule has 0 aliphatic heterocycles. The topological polar surface area (TPSA) is 153 Å². The number of anilines is 1. The lowest BCUT2D eigenvalue weighted by atomic mass is 9.53. The maximum atomic E-state index is 13.7. The second-order valence-electron chi connectivity index (χ2n) is 11.2. The van der Waals surface area contributed by atoms with Gasteiger partial charge in [0.15, 0.2) is 27.3 Å². The number of imidazole rings is 1. The van der Waals surface area contributed by atoms with Crippen LogP contribution in [0.4, 0.5) is 18.9 Å². The number of rotatable bonds is 7. The van der Waals surface area contributed by atoms with Gasteiger partial charge in [0, 0.05) is 23.4 Å². The number of carbonyl (C=O) groups is 1. The van der Waals surface area contributed by atoms with Gasteiger partial charge < -0.3 is 25.6 Å². The summed E-state index contributed by atoms with van der Waals surface area (Å²) in [6.45, 7) is 2.85.